The second-order valence-corrected chi connectivity index (χ2v) is 4.75. The summed E-state index contributed by atoms with van der Waals surface area (Å²) in [6, 6.07) is 5.78. The lowest BCUT2D eigenvalue weighted by molar-refractivity contribution is 0.0882. The van der Waals surface area contributed by atoms with Crippen LogP contribution in [0.2, 0.25) is 0 Å². The average Bonchev–Trinajstić information content (AvgIpc) is 2.29. The minimum Gasteiger partial charge on any atom is -0.507 e. The Hall–Kier alpha value is -0.580. The van der Waals surface area contributed by atoms with E-state index in [0.717, 1.165) is 16.6 Å². The smallest absolute Gasteiger partial charge is 0.129 e. The van der Waals surface area contributed by atoms with E-state index in [4.69, 9.17) is 4.74 Å². The van der Waals surface area contributed by atoms with Gasteiger partial charge in [0.2, 0.25) is 0 Å². The van der Waals surface area contributed by atoms with E-state index in [1.807, 2.05) is 19.1 Å². The number of halogens is 1. The van der Waals surface area contributed by atoms with E-state index in [0.29, 0.717) is 0 Å². The lowest BCUT2D eigenvalue weighted by Gasteiger charge is -2.20. The molecule has 2 unspecified atom stereocenters. The van der Waals surface area contributed by atoms with Crippen molar-refractivity contribution in [3.63, 3.8) is 0 Å². The van der Waals surface area contributed by atoms with Crippen molar-refractivity contribution < 1.29 is 9.84 Å². The highest BCUT2D eigenvalue weighted by atomic mass is 79.9. The van der Waals surface area contributed by atoms with Crippen molar-refractivity contribution in [2.75, 3.05) is 7.11 Å². The van der Waals surface area contributed by atoms with E-state index < -0.39 is 0 Å². The number of benzene rings is 1. The van der Waals surface area contributed by atoms with E-state index >= 15 is 0 Å². The molecule has 90 valence electrons. The summed E-state index contributed by atoms with van der Waals surface area (Å²) in [4.78, 5) is 0. The molecule has 0 aliphatic rings. The molecule has 16 heavy (non-hydrogen) atoms. The fraction of sp³-hybridized carbons (Fsp3) is 0.500. The number of aromatic hydroxyl groups is 1. The minimum atomic E-state index is 0.181. The summed E-state index contributed by atoms with van der Waals surface area (Å²) in [6.07, 6.45) is 0.181. The molecule has 2 atom stereocenters. The van der Waals surface area contributed by atoms with Crippen molar-refractivity contribution in [2.24, 2.45) is 0 Å². The van der Waals surface area contributed by atoms with Gasteiger partial charge in [-0.05, 0) is 47.5 Å². The molecule has 0 amide bonds. The molecule has 1 rings (SSSR count). The van der Waals surface area contributed by atoms with E-state index in [9.17, 15) is 5.11 Å². The van der Waals surface area contributed by atoms with Crippen LogP contribution in [-0.4, -0.2) is 24.4 Å². The maximum atomic E-state index is 9.36. The van der Waals surface area contributed by atoms with E-state index in [1.54, 1.807) is 13.2 Å². The lowest BCUT2D eigenvalue weighted by Crippen LogP contribution is -2.36. The van der Waals surface area contributed by atoms with E-state index in [-0.39, 0.29) is 17.9 Å². The molecular weight excluding hydrogens is 270 g/mol. The molecule has 0 heterocycles. The summed E-state index contributed by atoms with van der Waals surface area (Å²) in [5, 5.41) is 12.7. The molecular formula is C12H18BrNO2. The summed E-state index contributed by atoms with van der Waals surface area (Å²) >= 11 is 3.29. The summed E-state index contributed by atoms with van der Waals surface area (Å²) in [6.45, 7) is 4.88. The minimum absolute atomic E-state index is 0.181. The van der Waals surface area contributed by atoms with Gasteiger partial charge >= 0.3 is 0 Å². The third-order valence-electron chi connectivity index (χ3n) is 2.72. The average molecular weight is 288 g/mol. The fourth-order valence-corrected chi connectivity index (χ4v) is 1.74. The SMILES string of the molecule is COC(C)C(C)NCc1ccc(O)c(Br)c1. The van der Waals surface area contributed by atoms with Gasteiger partial charge in [-0.3, -0.25) is 0 Å². The molecule has 0 bridgehead atoms. The molecule has 0 fully saturated rings. The number of phenolic OH excluding ortho intramolecular Hbond substituents is 1. The molecule has 1 aromatic rings. The van der Waals surface area contributed by atoms with Gasteiger partial charge in [0.1, 0.15) is 5.75 Å². The standard InChI is InChI=1S/C12H18BrNO2/c1-8(9(2)16-3)14-7-10-4-5-12(15)11(13)6-10/h4-6,8-9,14-15H,7H2,1-3H3. The summed E-state index contributed by atoms with van der Waals surface area (Å²) in [7, 11) is 1.71. The molecule has 0 saturated heterocycles. The predicted octanol–water partition coefficient (Wildman–Crippen LogP) is 2.67. The Morgan fingerprint density at radius 1 is 1.44 bits per heavy atom. The van der Waals surface area contributed by atoms with Crippen molar-refractivity contribution in [3.05, 3.63) is 28.2 Å². The van der Waals surface area contributed by atoms with Gasteiger partial charge in [-0.15, -0.1) is 0 Å². The van der Waals surface area contributed by atoms with Crippen LogP contribution in [-0.2, 0) is 11.3 Å². The van der Waals surface area contributed by atoms with Crippen molar-refractivity contribution >= 4 is 15.9 Å². The number of phenols is 1. The fourth-order valence-electron chi connectivity index (χ4n) is 1.31. The zero-order valence-electron chi connectivity index (χ0n) is 9.83. The topological polar surface area (TPSA) is 41.5 Å². The lowest BCUT2D eigenvalue weighted by atomic mass is 10.1. The largest absolute Gasteiger partial charge is 0.507 e. The van der Waals surface area contributed by atoms with Crippen LogP contribution in [0.1, 0.15) is 19.4 Å². The second kappa shape index (κ2) is 6.23. The molecule has 0 aromatic heterocycles. The maximum absolute atomic E-state index is 9.36. The first-order chi connectivity index (χ1) is 7.54. The van der Waals surface area contributed by atoms with E-state index in [2.05, 4.69) is 28.2 Å². The molecule has 4 heteroatoms. The molecule has 0 radical (unpaired) electrons. The van der Waals surface area contributed by atoms with E-state index in [1.165, 1.54) is 0 Å². The normalized spacial score (nSPS) is 14.8. The van der Waals surface area contributed by atoms with Crippen LogP contribution in [0.4, 0.5) is 0 Å². The molecule has 0 saturated carbocycles. The van der Waals surface area contributed by atoms with Gasteiger partial charge in [-0.1, -0.05) is 6.07 Å². The highest BCUT2D eigenvalue weighted by Crippen LogP contribution is 2.24. The molecule has 0 aliphatic carbocycles. The van der Waals surface area contributed by atoms with Crippen LogP contribution in [0.25, 0.3) is 0 Å². The number of hydrogen-bond acceptors (Lipinski definition) is 3. The van der Waals surface area contributed by atoms with Crippen LogP contribution in [0, 0.1) is 0 Å². The Morgan fingerprint density at radius 2 is 2.12 bits per heavy atom. The number of hydrogen-bond donors (Lipinski definition) is 2. The molecule has 0 aliphatic heterocycles. The van der Waals surface area contributed by atoms with Gasteiger partial charge in [-0.2, -0.15) is 0 Å². The number of ether oxygens (including phenoxy) is 1. The van der Waals surface area contributed by atoms with Crippen molar-refractivity contribution in [1.82, 2.24) is 5.32 Å². The number of rotatable bonds is 5. The zero-order chi connectivity index (χ0) is 12.1. The summed E-state index contributed by atoms with van der Waals surface area (Å²) in [5.74, 6) is 0.266. The second-order valence-electron chi connectivity index (χ2n) is 3.90. The Morgan fingerprint density at radius 3 is 2.69 bits per heavy atom. The van der Waals surface area contributed by atoms with Crippen LogP contribution in [0.15, 0.2) is 22.7 Å². The van der Waals surface area contributed by atoms with Gasteiger partial charge in [-0.25, -0.2) is 0 Å². The first-order valence-corrected chi connectivity index (χ1v) is 6.07. The van der Waals surface area contributed by atoms with Gasteiger partial charge < -0.3 is 15.2 Å². The monoisotopic (exact) mass is 287 g/mol. The molecule has 3 nitrogen and oxygen atoms in total. The van der Waals surface area contributed by atoms with Gasteiger partial charge in [0.15, 0.2) is 0 Å². The quantitative estimate of drug-likeness (QED) is 0.875. The molecule has 1 aromatic carbocycles. The van der Waals surface area contributed by atoms with Gasteiger partial charge in [0, 0.05) is 19.7 Å². The Bertz CT molecular complexity index is 344. The van der Waals surface area contributed by atoms with Gasteiger partial charge in [0.05, 0.1) is 10.6 Å². The third-order valence-corrected chi connectivity index (χ3v) is 3.35. The predicted molar refractivity (Wildman–Crippen MR) is 68.6 cm³/mol. The van der Waals surface area contributed by atoms with Gasteiger partial charge in [0.25, 0.3) is 0 Å². The van der Waals surface area contributed by atoms with Crippen molar-refractivity contribution in [1.29, 1.82) is 0 Å². The first-order valence-electron chi connectivity index (χ1n) is 5.28. The number of nitrogens with one attached hydrogen (secondary N) is 1. The Kier molecular flexibility index (Phi) is 5.25. The van der Waals surface area contributed by atoms with Crippen LogP contribution >= 0.6 is 15.9 Å². The maximum Gasteiger partial charge on any atom is 0.129 e. The van der Waals surface area contributed by atoms with Crippen molar-refractivity contribution in [2.45, 2.75) is 32.5 Å². The highest BCUT2D eigenvalue weighted by molar-refractivity contribution is 9.10. The molecule has 2 N–H and O–H groups in total. The van der Waals surface area contributed by atoms with Crippen LogP contribution in [0.5, 0.6) is 5.75 Å². The molecule has 0 spiro atoms. The Labute approximate surface area is 105 Å². The summed E-state index contributed by atoms with van der Waals surface area (Å²) < 4.78 is 5.95. The summed E-state index contributed by atoms with van der Waals surface area (Å²) in [5.41, 5.74) is 1.12. The zero-order valence-corrected chi connectivity index (χ0v) is 11.4. The van der Waals surface area contributed by atoms with Crippen LogP contribution in [0.3, 0.4) is 0 Å². The highest BCUT2D eigenvalue weighted by Gasteiger charge is 2.10. The number of methoxy groups -OCH3 is 1. The first kappa shape index (κ1) is 13.5. The van der Waals surface area contributed by atoms with Crippen LogP contribution < -0.4 is 5.32 Å². The third kappa shape index (κ3) is 3.77. The Balaban J connectivity index is 2.51. The van der Waals surface area contributed by atoms with Crippen molar-refractivity contribution in [3.8, 4) is 5.75 Å².